The van der Waals surface area contributed by atoms with Gasteiger partial charge in [0.15, 0.2) is 0 Å². The van der Waals surface area contributed by atoms with Gasteiger partial charge in [-0.2, -0.15) is 0 Å². The van der Waals surface area contributed by atoms with Crippen LogP contribution in [-0.2, 0) is 17.8 Å². The van der Waals surface area contributed by atoms with E-state index < -0.39 is 29.0 Å². The molecule has 0 radical (unpaired) electrons. The Bertz CT molecular complexity index is 655. The smallest absolute Gasteiger partial charge is 0.126 e. The number of pyridine rings is 1. The van der Waals surface area contributed by atoms with Crippen molar-refractivity contribution >= 4 is 27.3 Å². The van der Waals surface area contributed by atoms with Gasteiger partial charge in [-0.15, -0.1) is 4.72 Å². The van der Waals surface area contributed by atoms with Crippen LogP contribution in [-0.4, -0.2) is 15.3 Å². The van der Waals surface area contributed by atoms with E-state index in [0.29, 0.717) is 17.0 Å². The molecule has 1 aromatic heterocycles. The van der Waals surface area contributed by atoms with E-state index in [0.717, 1.165) is 23.4 Å². The number of unbranched alkanes of at least 4 members (excludes halogenated alkanes) is 1. The molecule has 2 aromatic rings. The molecular weight excluding hydrogens is 398 g/mol. The number of aromatic nitrogens is 1. The maximum absolute atomic E-state index is 13.4. The van der Waals surface area contributed by atoms with Gasteiger partial charge in [-0.25, -0.2) is 8.78 Å². The van der Waals surface area contributed by atoms with E-state index in [1.54, 1.807) is 12.3 Å². The zero-order valence-corrected chi connectivity index (χ0v) is 15.7. The number of hydrogen-bond acceptors (Lipinski definition) is 3. The molecule has 0 amide bonds. The van der Waals surface area contributed by atoms with Crippen LogP contribution in [0.2, 0.25) is 0 Å². The molecule has 0 aliphatic carbocycles. The van der Waals surface area contributed by atoms with E-state index in [4.69, 9.17) is 0 Å². The largest absolute Gasteiger partial charge is 0.598 e. The summed E-state index contributed by atoms with van der Waals surface area (Å²) in [6.45, 7) is 2.03. The van der Waals surface area contributed by atoms with Gasteiger partial charge in [0.05, 0.1) is 11.7 Å². The number of nitrogens with zero attached hydrogens (tertiary/aromatic N) is 1. The molecule has 0 aliphatic rings. The Morgan fingerprint density at radius 1 is 1.29 bits per heavy atom. The summed E-state index contributed by atoms with van der Waals surface area (Å²) in [5, 5.41) is 0. The highest BCUT2D eigenvalue weighted by atomic mass is 79.9. The third-order valence-electron chi connectivity index (χ3n) is 3.44. The topological polar surface area (TPSA) is 48.0 Å². The molecule has 2 atom stereocenters. The Morgan fingerprint density at radius 3 is 2.62 bits per heavy atom. The molecule has 3 nitrogen and oxygen atoms in total. The van der Waals surface area contributed by atoms with Crippen LogP contribution in [0.15, 0.2) is 41.0 Å². The van der Waals surface area contributed by atoms with Gasteiger partial charge in [0.25, 0.3) is 0 Å². The van der Waals surface area contributed by atoms with E-state index >= 15 is 0 Å². The van der Waals surface area contributed by atoms with Gasteiger partial charge in [0, 0.05) is 28.1 Å². The predicted octanol–water partition coefficient (Wildman–Crippen LogP) is 4.46. The van der Waals surface area contributed by atoms with Crippen LogP contribution >= 0.6 is 15.9 Å². The van der Waals surface area contributed by atoms with E-state index in [-0.39, 0.29) is 6.42 Å². The maximum atomic E-state index is 13.4. The zero-order chi connectivity index (χ0) is 17.5. The third kappa shape index (κ3) is 5.81. The lowest BCUT2D eigenvalue weighted by Gasteiger charge is -2.21. The molecule has 2 rings (SSSR count). The van der Waals surface area contributed by atoms with Crippen LogP contribution in [0.5, 0.6) is 0 Å². The molecule has 1 N–H and O–H groups in total. The molecule has 0 fully saturated rings. The second-order valence-electron chi connectivity index (χ2n) is 5.43. The van der Waals surface area contributed by atoms with Crippen molar-refractivity contribution in [1.82, 2.24) is 9.71 Å². The molecule has 130 valence electrons. The molecule has 0 aliphatic heterocycles. The van der Waals surface area contributed by atoms with Gasteiger partial charge in [0.2, 0.25) is 0 Å². The minimum atomic E-state index is -1.24. The van der Waals surface area contributed by atoms with Crippen molar-refractivity contribution in [2.45, 2.75) is 32.2 Å². The van der Waals surface area contributed by atoms with Gasteiger partial charge in [-0.3, -0.25) is 4.98 Å². The van der Waals surface area contributed by atoms with Crippen molar-refractivity contribution in [2.24, 2.45) is 0 Å². The Morgan fingerprint density at radius 2 is 2.00 bits per heavy atom. The number of halogens is 3. The highest BCUT2D eigenvalue weighted by molar-refractivity contribution is 9.10. The fourth-order valence-electron chi connectivity index (χ4n) is 2.31. The minimum absolute atomic E-state index is 0.280. The van der Waals surface area contributed by atoms with Gasteiger partial charge >= 0.3 is 0 Å². The summed E-state index contributed by atoms with van der Waals surface area (Å²) in [6.07, 6.45) is 3.70. The second kappa shape index (κ2) is 9.46. The lowest BCUT2D eigenvalue weighted by molar-refractivity contribution is 0.541. The maximum Gasteiger partial charge on any atom is 0.126 e. The molecule has 1 aromatic carbocycles. The first kappa shape index (κ1) is 19.3. The van der Waals surface area contributed by atoms with E-state index in [9.17, 15) is 13.3 Å². The van der Waals surface area contributed by atoms with Crippen molar-refractivity contribution in [1.29, 1.82) is 0 Å². The Balaban J connectivity index is 2.23. The Hall–Kier alpha value is -1.02. The van der Waals surface area contributed by atoms with Crippen molar-refractivity contribution < 1.29 is 13.3 Å². The van der Waals surface area contributed by atoms with Crippen LogP contribution in [0.25, 0.3) is 0 Å². The van der Waals surface area contributed by atoms with Crippen LogP contribution in [0.4, 0.5) is 8.78 Å². The highest BCUT2D eigenvalue weighted by Crippen LogP contribution is 2.25. The van der Waals surface area contributed by atoms with Gasteiger partial charge < -0.3 is 4.55 Å². The average molecular weight is 417 g/mol. The van der Waals surface area contributed by atoms with Crippen LogP contribution in [0.3, 0.4) is 0 Å². The summed E-state index contributed by atoms with van der Waals surface area (Å²) in [7, 11) is 0. The summed E-state index contributed by atoms with van der Waals surface area (Å²) in [6, 6.07) is 6.59. The summed E-state index contributed by atoms with van der Waals surface area (Å²) in [4.78, 5) is 4.32. The number of hydrogen-bond donors (Lipinski definition) is 1. The predicted molar refractivity (Wildman–Crippen MR) is 95.8 cm³/mol. The van der Waals surface area contributed by atoms with Crippen molar-refractivity contribution in [3.63, 3.8) is 0 Å². The standard InChI is InChI=1S/C17H19BrF2N2OS/c1-2-3-7-24(23)22-16(17-15(18)5-4-6-21-17)10-12-8-13(19)11-14(20)9-12/h4-6,8-9,11,16,22H,2-3,7,10H2,1H3/t16-,24-/m0/s1. The summed E-state index contributed by atoms with van der Waals surface area (Å²) >= 11 is 2.19. The SMILES string of the molecule is CCCC[S@+]([O-])N[C@@H](Cc1cc(F)cc(F)c1)c1ncccc1Br. The quantitative estimate of drug-likeness (QED) is 0.646. The number of rotatable bonds is 8. The van der Waals surface area contributed by atoms with E-state index in [1.807, 2.05) is 13.0 Å². The van der Waals surface area contributed by atoms with Crippen LogP contribution in [0, 0.1) is 11.6 Å². The van der Waals surface area contributed by atoms with Gasteiger partial charge in [0.1, 0.15) is 17.4 Å². The minimum Gasteiger partial charge on any atom is -0.598 e. The summed E-state index contributed by atoms with van der Waals surface area (Å²) in [5.74, 6) is -0.735. The molecule has 0 spiro atoms. The molecule has 0 saturated heterocycles. The number of benzene rings is 1. The van der Waals surface area contributed by atoms with Gasteiger partial charge in [-0.05, 0) is 58.6 Å². The molecule has 7 heteroatoms. The van der Waals surface area contributed by atoms with E-state index in [1.165, 1.54) is 12.1 Å². The summed E-state index contributed by atoms with van der Waals surface area (Å²) in [5.41, 5.74) is 1.14. The fourth-order valence-corrected chi connectivity index (χ4v) is 4.02. The van der Waals surface area contributed by atoms with Crippen LogP contribution in [0.1, 0.15) is 37.1 Å². The molecule has 0 bridgehead atoms. The van der Waals surface area contributed by atoms with Gasteiger partial charge in [-0.1, -0.05) is 13.3 Å². The zero-order valence-electron chi connectivity index (χ0n) is 13.3. The molecule has 0 saturated carbocycles. The van der Waals surface area contributed by atoms with Crippen molar-refractivity contribution in [2.75, 3.05) is 5.75 Å². The van der Waals surface area contributed by atoms with E-state index in [2.05, 4.69) is 25.6 Å². The van der Waals surface area contributed by atoms with Crippen LogP contribution < -0.4 is 4.72 Å². The number of nitrogens with one attached hydrogen (secondary N) is 1. The monoisotopic (exact) mass is 416 g/mol. The average Bonchev–Trinajstić information content (AvgIpc) is 2.52. The summed E-state index contributed by atoms with van der Waals surface area (Å²) < 4.78 is 42.9. The van der Waals surface area contributed by atoms with Crippen molar-refractivity contribution in [3.05, 3.63) is 63.9 Å². The molecule has 0 unspecified atom stereocenters. The highest BCUT2D eigenvalue weighted by Gasteiger charge is 2.22. The fraction of sp³-hybridized carbons (Fsp3) is 0.353. The Kier molecular flexibility index (Phi) is 7.61. The molecule has 24 heavy (non-hydrogen) atoms. The molecular formula is C17H19BrF2N2OS. The third-order valence-corrected chi connectivity index (χ3v) is 5.31. The first-order valence-electron chi connectivity index (χ1n) is 7.69. The second-order valence-corrected chi connectivity index (χ2v) is 7.62. The lowest BCUT2D eigenvalue weighted by atomic mass is 10.0. The van der Waals surface area contributed by atoms with Crippen molar-refractivity contribution in [3.8, 4) is 0 Å². The first-order chi connectivity index (χ1) is 11.5. The Labute approximate surface area is 152 Å². The normalized spacial score (nSPS) is 13.7. The molecule has 1 heterocycles. The lowest BCUT2D eigenvalue weighted by Crippen LogP contribution is -2.32. The first-order valence-corrected chi connectivity index (χ1v) is 9.80.